The summed E-state index contributed by atoms with van der Waals surface area (Å²) in [6.07, 6.45) is 4.33. The zero-order chi connectivity index (χ0) is 15.0. The van der Waals surface area contributed by atoms with Gasteiger partial charge >= 0.3 is 0 Å². The van der Waals surface area contributed by atoms with Crippen molar-refractivity contribution in [3.05, 3.63) is 34.9 Å². The molecule has 0 saturated carbocycles. The van der Waals surface area contributed by atoms with Gasteiger partial charge in [0.2, 0.25) is 5.91 Å². The van der Waals surface area contributed by atoms with Crippen LogP contribution in [0.4, 0.5) is 0 Å². The first-order valence-electron chi connectivity index (χ1n) is 8.10. The van der Waals surface area contributed by atoms with Crippen LogP contribution in [0.5, 0.6) is 0 Å². The highest BCUT2D eigenvalue weighted by atomic mass is 16.2. The van der Waals surface area contributed by atoms with Gasteiger partial charge < -0.3 is 4.90 Å². The summed E-state index contributed by atoms with van der Waals surface area (Å²) >= 11 is 0. The summed E-state index contributed by atoms with van der Waals surface area (Å²) in [5.41, 5.74) is 3.79. The maximum absolute atomic E-state index is 12.8. The van der Waals surface area contributed by atoms with Gasteiger partial charge in [0, 0.05) is 20.1 Å². The van der Waals surface area contributed by atoms with Crippen molar-refractivity contribution in [2.75, 3.05) is 20.1 Å². The molecule has 2 heterocycles. The number of nitrogens with zero attached hydrogens (tertiary/aromatic N) is 2. The van der Waals surface area contributed by atoms with E-state index in [0.717, 1.165) is 45.3 Å². The molecule has 114 valence electrons. The Morgan fingerprint density at radius 2 is 1.81 bits per heavy atom. The highest BCUT2D eigenvalue weighted by Crippen LogP contribution is 2.38. The predicted molar refractivity (Wildman–Crippen MR) is 85.2 cm³/mol. The third kappa shape index (κ3) is 2.48. The number of benzene rings is 1. The molecule has 2 aliphatic rings. The summed E-state index contributed by atoms with van der Waals surface area (Å²) in [4.78, 5) is 17.1. The SMILES string of the molecule is Cc1ccc(CN2CCCC23CCCN(C)C3=O)cc1C. The molecular formula is C18H26N2O. The van der Waals surface area contributed by atoms with Crippen LogP contribution in [-0.2, 0) is 11.3 Å². The van der Waals surface area contributed by atoms with Gasteiger partial charge in [0.15, 0.2) is 0 Å². The summed E-state index contributed by atoms with van der Waals surface area (Å²) in [6, 6.07) is 6.69. The number of carbonyl (C=O) groups excluding carboxylic acids is 1. The van der Waals surface area contributed by atoms with Gasteiger partial charge in [-0.3, -0.25) is 9.69 Å². The first-order valence-corrected chi connectivity index (χ1v) is 8.10. The summed E-state index contributed by atoms with van der Waals surface area (Å²) in [5.74, 6) is 0.343. The monoisotopic (exact) mass is 286 g/mol. The molecule has 0 aliphatic carbocycles. The lowest BCUT2D eigenvalue weighted by Crippen LogP contribution is -2.58. The van der Waals surface area contributed by atoms with Crippen LogP contribution in [0.3, 0.4) is 0 Å². The highest BCUT2D eigenvalue weighted by molar-refractivity contribution is 5.87. The van der Waals surface area contributed by atoms with Crippen molar-refractivity contribution >= 4 is 5.91 Å². The number of piperidine rings is 1. The molecule has 2 saturated heterocycles. The van der Waals surface area contributed by atoms with Crippen LogP contribution in [0.2, 0.25) is 0 Å². The Labute approximate surface area is 127 Å². The Balaban J connectivity index is 1.83. The van der Waals surface area contributed by atoms with Gasteiger partial charge in [0.05, 0.1) is 0 Å². The smallest absolute Gasteiger partial charge is 0.242 e. The van der Waals surface area contributed by atoms with Crippen molar-refractivity contribution in [3.8, 4) is 0 Å². The molecule has 3 heteroatoms. The van der Waals surface area contributed by atoms with Crippen LogP contribution in [0.15, 0.2) is 18.2 Å². The van der Waals surface area contributed by atoms with Crippen LogP contribution < -0.4 is 0 Å². The number of aryl methyl sites for hydroxylation is 2. The molecule has 3 nitrogen and oxygen atoms in total. The van der Waals surface area contributed by atoms with Crippen molar-refractivity contribution in [2.24, 2.45) is 0 Å². The molecule has 2 aliphatic heterocycles. The van der Waals surface area contributed by atoms with Crippen LogP contribution >= 0.6 is 0 Å². The predicted octanol–water partition coefficient (Wildman–Crippen LogP) is 2.89. The molecule has 0 N–H and O–H groups in total. The van der Waals surface area contributed by atoms with E-state index in [-0.39, 0.29) is 5.54 Å². The van der Waals surface area contributed by atoms with Crippen molar-refractivity contribution in [3.63, 3.8) is 0 Å². The maximum Gasteiger partial charge on any atom is 0.242 e. The minimum atomic E-state index is -0.216. The number of likely N-dealkylation sites (tertiary alicyclic amines) is 2. The normalized spacial score (nSPS) is 26.8. The topological polar surface area (TPSA) is 23.6 Å². The Morgan fingerprint density at radius 3 is 2.52 bits per heavy atom. The summed E-state index contributed by atoms with van der Waals surface area (Å²) in [7, 11) is 1.95. The molecular weight excluding hydrogens is 260 g/mol. The van der Waals surface area contributed by atoms with E-state index in [1.807, 2.05) is 11.9 Å². The molecule has 1 unspecified atom stereocenters. The molecule has 0 radical (unpaired) electrons. The highest BCUT2D eigenvalue weighted by Gasteiger charge is 2.49. The Hall–Kier alpha value is -1.35. The number of likely N-dealkylation sites (N-methyl/N-ethyl adjacent to an activating group) is 1. The van der Waals surface area contributed by atoms with Crippen molar-refractivity contribution in [1.29, 1.82) is 0 Å². The van der Waals surface area contributed by atoms with Gasteiger partial charge in [-0.05, 0) is 62.8 Å². The third-order valence-corrected chi connectivity index (χ3v) is 5.40. The summed E-state index contributed by atoms with van der Waals surface area (Å²) < 4.78 is 0. The standard InChI is InChI=1S/C18H26N2O/c1-14-6-7-16(12-15(14)2)13-20-11-5-9-18(20)8-4-10-19(3)17(18)21/h6-7,12H,4-5,8-11,13H2,1-3H3. The quantitative estimate of drug-likeness (QED) is 0.834. The Kier molecular flexibility index (Phi) is 3.78. The number of hydrogen-bond acceptors (Lipinski definition) is 2. The van der Waals surface area contributed by atoms with E-state index in [1.165, 1.54) is 16.7 Å². The van der Waals surface area contributed by atoms with Gasteiger partial charge in [-0.15, -0.1) is 0 Å². The first kappa shape index (κ1) is 14.6. The second kappa shape index (κ2) is 5.45. The average Bonchev–Trinajstić information content (AvgIpc) is 2.84. The van der Waals surface area contributed by atoms with E-state index < -0.39 is 0 Å². The number of carbonyl (C=O) groups is 1. The lowest BCUT2D eigenvalue weighted by Gasteiger charge is -2.43. The zero-order valence-electron chi connectivity index (χ0n) is 13.5. The van der Waals surface area contributed by atoms with Gasteiger partial charge in [0.1, 0.15) is 5.54 Å². The van der Waals surface area contributed by atoms with Gasteiger partial charge in [-0.25, -0.2) is 0 Å². The lowest BCUT2D eigenvalue weighted by molar-refractivity contribution is -0.146. The third-order valence-electron chi connectivity index (χ3n) is 5.40. The number of amides is 1. The van der Waals surface area contributed by atoms with Gasteiger partial charge in [0.25, 0.3) is 0 Å². The second-order valence-electron chi connectivity index (χ2n) is 6.81. The fourth-order valence-electron chi connectivity index (χ4n) is 3.98. The second-order valence-corrected chi connectivity index (χ2v) is 6.81. The number of rotatable bonds is 2. The zero-order valence-corrected chi connectivity index (χ0v) is 13.5. The van der Waals surface area contributed by atoms with E-state index in [1.54, 1.807) is 0 Å². The van der Waals surface area contributed by atoms with E-state index in [0.29, 0.717) is 5.91 Å². The minimum Gasteiger partial charge on any atom is -0.344 e. The number of hydrogen-bond donors (Lipinski definition) is 0. The minimum absolute atomic E-state index is 0.216. The van der Waals surface area contributed by atoms with E-state index >= 15 is 0 Å². The van der Waals surface area contributed by atoms with E-state index in [9.17, 15) is 4.79 Å². The van der Waals surface area contributed by atoms with E-state index in [4.69, 9.17) is 0 Å². The van der Waals surface area contributed by atoms with Crippen LogP contribution in [-0.4, -0.2) is 41.4 Å². The van der Waals surface area contributed by atoms with Crippen LogP contribution in [0, 0.1) is 13.8 Å². The molecule has 1 aromatic rings. The van der Waals surface area contributed by atoms with Crippen molar-refractivity contribution in [1.82, 2.24) is 9.80 Å². The molecule has 0 aromatic heterocycles. The fourth-order valence-corrected chi connectivity index (χ4v) is 3.98. The van der Waals surface area contributed by atoms with Gasteiger partial charge in [-0.1, -0.05) is 18.2 Å². The van der Waals surface area contributed by atoms with Crippen molar-refractivity contribution < 1.29 is 4.79 Å². The van der Waals surface area contributed by atoms with Crippen LogP contribution in [0.1, 0.15) is 42.4 Å². The average molecular weight is 286 g/mol. The molecule has 1 aromatic carbocycles. The summed E-state index contributed by atoms with van der Waals surface area (Å²) in [5, 5.41) is 0. The Morgan fingerprint density at radius 1 is 1.10 bits per heavy atom. The van der Waals surface area contributed by atoms with Gasteiger partial charge in [-0.2, -0.15) is 0 Å². The molecule has 1 amide bonds. The summed E-state index contributed by atoms with van der Waals surface area (Å²) in [6.45, 7) is 7.18. The molecule has 1 atom stereocenters. The first-order chi connectivity index (χ1) is 10.0. The fraction of sp³-hybridized carbons (Fsp3) is 0.611. The van der Waals surface area contributed by atoms with Crippen LogP contribution in [0.25, 0.3) is 0 Å². The Bertz CT molecular complexity index is 554. The van der Waals surface area contributed by atoms with E-state index in [2.05, 4.69) is 36.9 Å². The largest absolute Gasteiger partial charge is 0.344 e. The molecule has 0 bridgehead atoms. The molecule has 2 fully saturated rings. The molecule has 3 rings (SSSR count). The molecule has 1 spiro atoms. The maximum atomic E-state index is 12.8. The lowest BCUT2D eigenvalue weighted by atomic mass is 9.85. The van der Waals surface area contributed by atoms with Crippen molar-refractivity contribution in [2.45, 2.75) is 51.6 Å². The molecule has 21 heavy (non-hydrogen) atoms.